The van der Waals surface area contributed by atoms with Gasteiger partial charge in [0.05, 0.1) is 18.3 Å². The molecule has 0 saturated carbocycles. The molecule has 0 amide bonds. The normalized spacial score (nSPS) is 21.8. The van der Waals surface area contributed by atoms with E-state index in [-0.39, 0.29) is 18.2 Å². The fourth-order valence-corrected chi connectivity index (χ4v) is 2.11. The fourth-order valence-electron chi connectivity index (χ4n) is 2.11. The number of ether oxygens (including phenoxy) is 1. The highest BCUT2D eigenvalue weighted by Gasteiger charge is 2.20. The number of aliphatic hydroxyl groups is 1. The van der Waals surface area contributed by atoms with Gasteiger partial charge in [-0.25, -0.2) is 8.78 Å². The van der Waals surface area contributed by atoms with E-state index in [4.69, 9.17) is 4.74 Å². The van der Waals surface area contributed by atoms with Crippen LogP contribution in [-0.4, -0.2) is 30.9 Å². The molecule has 1 aromatic carbocycles. The first-order valence-electron chi connectivity index (χ1n) is 6.11. The first kappa shape index (κ1) is 13.4. The summed E-state index contributed by atoms with van der Waals surface area (Å²) < 4.78 is 32.1. The van der Waals surface area contributed by atoms with E-state index >= 15 is 0 Å². The molecule has 1 aromatic rings. The van der Waals surface area contributed by atoms with Gasteiger partial charge >= 0.3 is 0 Å². The maximum atomic E-state index is 13.4. The number of halogens is 2. The van der Waals surface area contributed by atoms with E-state index in [1.165, 1.54) is 6.07 Å². The third-order valence-corrected chi connectivity index (χ3v) is 3.09. The van der Waals surface area contributed by atoms with Crippen LogP contribution < -0.4 is 5.32 Å². The number of benzene rings is 1. The van der Waals surface area contributed by atoms with Gasteiger partial charge in [0, 0.05) is 19.2 Å². The summed E-state index contributed by atoms with van der Waals surface area (Å²) in [4.78, 5) is 0. The van der Waals surface area contributed by atoms with Crippen molar-refractivity contribution >= 4 is 0 Å². The van der Waals surface area contributed by atoms with Gasteiger partial charge < -0.3 is 15.2 Å². The Bertz CT molecular complexity index is 374. The van der Waals surface area contributed by atoms with E-state index in [1.807, 2.05) is 0 Å². The maximum Gasteiger partial charge on any atom is 0.131 e. The molecule has 0 spiro atoms. The van der Waals surface area contributed by atoms with Gasteiger partial charge in [-0.05, 0) is 25.0 Å². The Morgan fingerprint density at radius 3 is 2.72 bits per heavy atom. The molecule has 1 fully saturated rings. The van der Waals surface area contributed by atoms with E-state index < -0.39 is 17.7 Å². The Hall–Kier alpha value is -1.04. The molecule has 1 aliphatic rings. The number of aliphatic hydroxyl groups excluding tert-OH is 1. The zero-order chi connectivity index (χ0) is 13.0. The van der Waals surface area contributed by atoms with Gasteiger partial charge in [-0.2, -0.15) is 0 Å². The molecule has 0 radical (unpaired) electrons. The summed E-state index contributed by atoms with van der Waals surface area (Å²) >= 11 is 0. The summed E-state index contributed by atoms with van der Waals surface area (Å²) in [6, 6.07) is 3.71. The van der Waals surface area contributed by atoms with Gasteiger partial charge in [0.15, 0.2) is 0 Å². The van der Waals surface area contributed by atoms with Crippen LogP contribution >= 0.6 is 0 Å². The molecule has 1 saturated heterocycles. The molecule has 1 aliphatic heterocycles. The highest BCUT2D eigenvalue weighted by Crippen LogP contribution is 2.20. The fraction of sp³-hybridized carbons (Fsp3) is 0.538. The van der Waals surface area contributed by atoms with Gasteiger partial charge in [-0.15, -0.1) is 0 Å². The Morgan fingerprint density at radius 1 is 1.39 bits per heavy atom. The summed E-state index contributed by atoms with van der Waals surface area (Å²) in [5, 5.41) is 12.9. The Labute approximate surface area is 105 Å². The second-order valence-corrected chi connectivity index (χ2v) is 4.47. The quantitative estimate of drug-likeness (QED) is 0.863. The van der Waals surface area contributed by atoms with E-state index in [0.29, 0.717) is 6.61 Å². The van der Waals surface area contributed by atoms with Crippen molar-refractivity contribution in [2.24, 2.45) is 0 Å². The Balaban J connectivity index is 1.92. The lowest BCUT2D eigenvalue weighted by Crippen LogP contribution is -2.39. The van der Waals surface area contributed by atoms with Gasteiger partial charge in [-0.1, -0.05) is 6.07 Å². The van der Waals surface area contributed by atoms with Gasteiger partial charge in [0.1, 0.15) is 11.6 Å². The average Bonchev–Trinajstić information content (AvgIpc) is 2.37. The molecule has 18 heavy (non-hydrogen) atoms. The number of hydrogen-bond donors (Lipinski definition) is 2. The topological polar surface area (TPSA) is 41.5 Å². The largest absolute Gasteiger partial charge is 0.387 e. The Morgan fingerprint density at radius 2 is 2.11 bits per heavy atom. The zero-order valence-corrected chi connectivity index (χ0v) is 10.0. The van der Waals surface area contributed by atoms with Crippen LogP contribution in [-0.2, 0) is 4.74 Å². The van der Waals surface area contributed by atoms with Crippen LogP contribution in [0.3, 0.4) is 0 Å². The minimum absolute atomic E-state index is 0.117. The second-order valence-electron chi connectivity index (χ2n) is 4.47. The third kappa shape index (κ3) is 3.25. The molecule has 3 nitrogen and oxygen atoms in total. The molecule has 2 atom stereocenters. The van der Waals surface area contributed by atoms with Crippen LogP contribution in [0.1, 0.15) is 24.5 Å². The van der Waals surface area contributed by atoms with Gasteiger partial charge in [0.2, 0.25) is 0 Å². The minimum atomic E-state index is -1.19. The molecular weight excluding hydrogens is 240 g/mol. The lowest BCUT2D eigenvalue weighted by Gasteiger charge is -2.24. The van der Waals surface area contributed by atoms with Crippen LogP contribution in [0.4, 0.5) is 8.78 Å². The smallest absolute Gasteiger partial charge is 0.131 e. The van der Waals surface area contributed by atoms with Crippen molar-refractivity contribution in [2.75, 3.05) is 19.8 Å². The van der Waals surface area contributed by atoms with Crippen LogP contribution in [0.5, 0.6) is 0 Å². The number of hydrogen-bond acceptors (Lipinski definition) is 3. The molecule has 2 unspecified atom stereocenters. The van der Waals surface area contributed by atoms with Crippen LogP contribution in [0.25, 0.3) is 0 Å². The number of nitrogens with one attached hydrogen (secondary N) is 1. The molecule has 0 bridgehead atoms. The van der Waals surface area contributed by atoms with Gasteiger partial charge in [0.25, 0.3) is 0 Å². The summed E-state index contributed by atoms with van der Waals surface area (Å²) in [7, 11) is 0. The first-order chi connectivity index (χ1) is 8.68. The summed E-state index contributed by atoms with van der Waals surface area (Å²) in [6.45, 7) is 1.45. The molecule has 100 valence electrons. The molecule has 2 N–H and O–H groups in total. The predicted octanol–water partition coefficient (Wildman–Crippen LogP) is 1.77. The summed E-state index contributed by atoms with van der Waals surface area (Å²) in [6.07, 6.45) is 0.724. The van der Waals surface area contributed by atoms with E-state index in [2.05, 4.69) is 5.32 Å². The lowest BCUT2D eigenvalue weighted by molar-refractivity contribution is 0.0633. The van der Waals surface area contributed by atoms with Crippen LogP contribution in [0.2, 0.25) is 0 Å². The SMILES string of the molecule is OC(CNC1CCCOC1)c1c(F)cccc1F. The van der Waals surface area contributed by atoms with Crippen molar-refractivity contribution in [3.05, 3.63) is 35.4 Å². The highest BCUT2D eigenvalue weighted by atomic mass is 19.1. The molecule has 5 heteroatoms. The Kier molecular flexibility index (Phi) is 4.63. The standard InChI is InChI=1S/C13H17F2NO2/c14-10-4-1-5-11(15)13(10)12(17)7-16-9-3-2-6-18-8-9/h1,4-5,9,12,16-17H,2-3,6-8H2. The predicted molar refractivity (Wildman–Crippen MR) is 63.2 cm³/mol. The van der Waals surface area contributed by atoms with E-state index in [0.717, 1.165) is 31.6 Å². The third-order valence-electron chi connectivity index (χ3n) is 3.09. The lowest BCUT2D eigenvalue weighted by atomic mass is 10.1. The average molecular weight is 257 g/mol. The van der Waals surface area contributed by atoms with Gasteiger partial charge in [-0.3, -0.25) is 0 Å². The van der Waals surface area contributed by atoms with E-state index in [1.54, 1.807) is 0 Å². The van der Waals surface area contributed by atoms with E-state index in [9.17, 15) is 13.9 Å². The van der Waals surface area contributed by atoms with Crippen LogP contribution in [0.15, 0.2) is 18.2 Å². The molecule has 0 aliphatic carbocycles. The van der Waals surface area contributed by atoms with Crippen molar-refractivity contribution in [2.45, 2.75) is 25.0 Å². The zero-order valence-electron chi connectivity index (χ0n) is 10.0. The van der Waals surface area contributed by atoms with Crippen molar-refractivity contribution in [3.8, 4) is 0 Å². The second kappa shape index (κ2) is 6.22. The van der Waals surface area contributed by atoms with Crippen LogP contribution in [0, 0.1) is 11.6 Å². The molecular formula is C13H17F2NO2. The molecule has 0 aromatic heterocycles. The van der Waals surface area contributed by atoms with Crippen molar-refractivity contribution < 1.29 is 18.6 Å². The van der Waals surface area contributed by atoms with Crippen molar-refractivity contribution in [1.82, 2.24) is 5.32 Å². The number of rotatable bonds is 4. The maximum absolute atomic E-state index is 13.4. The summed E-state index contributed by atoms with van der Waals surface area (Å²) in [5.41, 5.74) is -0.276. The highest BCUT2D eigenvalue weighted by molar-refractivity contribution is 5.22. The summed E-state index contributed by atoms with van der Waals surface area (Å²) in [5.74, 6) is -1.44. The monoisotopic (exact) mass is 257 g/mol. The molecule has 2 rings (SSSR count). The molecule has 1 heterocycles. The van der Waals surface area contributed by atoms with Crippen molar-refractivity contribution in [1.29, 1.82) is 0 Å². The first-order valence-corrected chi connectivity index (χ1v) is 6.11. The minimum Gasteiger partial charge on any atom is -0.387 e. The van der Waals surface area contributed by atoms with Crippen molar-refractivity contribution in [3.63, 3.8) is 0 Å².